The van der Waals surface area contributed by atoms with E-state index in [9.17, 15) is 18.3 Å². The topological polar surface area (TPSA) is 94.9 Å². The molecule has 1 saturated heterocycles. The van der Waals surface area contributed by atoms with E-state index in [0.717, 1.165) is 5.56 Å². The van der Waals surface area contributed by atoms with E-state index < -0.39 is 15.8 Å². The van der Waals surface area contributed by atoms with Crippen LogP contribution in [0.25, 0.3) is 0 Å². The molecule has 112 valence electrons. The second kappa shape index (κ2) is 5.90. The number of hydrogen-bond donors (Lipinski definition) is 2. The van der Waals surface area contributed by atoms with Crippen LogP contribution in [0.15, 0.2) is 29.2 Å². The molecule has 1 aliphatic heterocycles. The maximum absolute atomic E-state index is 10.8. The first-order chi connectivity index (χ1) is 9.04. The van der Waals surface area contributed by atoms with Gasteiger partial charge in [-0.2, -0.15) is 8.42 Å². The molecule has 1 heterocycles. The van der Waals surface area contributed by atoms with Crippen molar-refractivity contribution in [1.29, 1.82) is 0 Å². The number of aliphatic hydroxyl groups is 1. The van der Waals surface area contributed by atoms with Crippen molar-refractivity contribution in [3.8, 4) is 0 Å². The summed E-state index contributed by atoms with van der Waals surface area (Å²) in [6, 6.07) is 5.99. The quantitative estimate of drug-likeness (QED) is 0.760. The highest BCUT2D eigenvalue weighted by atomic mass is 32.2. The first-order valence-electron chi connectivity index (χ1n) is 6.07. The fraction of sp³-hybridized carbons (Fsp3) is 0.462. The van der Waals surface area contributed by atoms with E-state index in [1.807, 2.05) is 6.92 Å². The predicted molar refractivity (Wildman–Crippen MR) is 73.6 cm³/mol. The van der Waals surface area contributed by atoms with Crippen molar-refractivity contribution in [2.45, 2.75) is 37.3 Å². The second-order valence-corrected chi connectivity index (χ2v) is 6.38. The van der Waals surface area contributed by atoms with Crippen LogP contribution in [0.5, 0.6) is 0 Å². The van der Waals surface area contributed by atoms with Gasteiger partial charge in [-0.1, -0.05) is 17.7 Å². The van der Waals surface area contributed by atoms with Gasteiger partial charge in [0.05, 0.1) is 4.90 Å². The molecule has 0 saturated carbocycles. The minimum absolute atomic E-state index is 0.0278. The number of likely N-dealkylation sites (tertiary alicyclic amines) is 1. The summed E-state index contributed by atoms with van der Waals surface area (Å²) in [7, 11) is -2.40. The maximum atomic E-state index is 10.8. The smallest absolute Gasteiger partial charge is 0.294 e. The summed E-state index contributed by atoms with van der Waals surface area (Å²) >= 11 is 0. The second-order valence-electron chi connectivity index (χ2n) is 4.96. The lowest BCUT2D eigenvalue weighted by Crippen LogP contribution is -2.39. The van der Waals surface area contributed by atoms with Crippen molar-refractivity contribution in [2.75, 3.05) is 7.05 Å². The summed E-state index contributed by atoms with van der Waals surface area (Å²) in [5.41, 5.74) is 0.0641. The maximum Gasteiger partial charge on any atom is 0.294 e. The molecule has 20 heavy (non-hydrogen) atoms. The van der Waals surface area contributed by atoms with Gasteiger partial charge in [0.25, 0.3) is 10.1 Å². The molecule has 1 aromatic rings. The molecule has 0 radical (unpaired) electrons. The highest BCUT2D eigenvalue weighted by Gasteiger charge is 2.36. The lowest BCUT2D eigenvalue weighted by atomic mass is 10.2. The van der Waals surface area contributed by atoms with Crippen LogP contribution in [-0.4, -0.2) is 41.7 Å². The Labute approximate surface area is 118 Å². The first kappa shape index (κ1) is 16.6. The van der Waals surface area contributed by atoms with Crippen LogP contribution < -0.4 is 0 Å². The van der Waals surface area contributed by atoms with Crippen molar-refractivity contribution >= 4 is 16.0 Å². The first-order valence-corrected chi connectivity index (χ1v) is 7.51. The fourth-order valence-electron chi connectivity index (χ4n) is 1.66. The number of carbonyl (C=O) groups is 1. The summed E-state index contributed by atoms with van der Waals surface area (Å²) in [5, 5.41) is 9.34. The van der Waals surface area contributed by atoms with Crippen LogP contribution >= 0.6 is 0 Å². The monoisotopic (exact) mass is 301 g/mol. The van der Waals surface area contributed by atoms with Gasteiger partial charge >= 0.3 is 0 Å². The number of amides is 1. The van der Waals surface area contributed by atoms with E-state index in [-0.39, 0.29) is 10.8 Å². The van der Waals surface area contributed by atoms with E-state index in [0.29, 0.717) is 12.8 Å². The van der Waals surface area contributed by atoms with Gasteiger partial charge in [0.1, 0.15) is 5.72 Å². The molecule has 2 N–H and O–H groups in total. The van der Waals surface area contributed by atoms with Gasteiger partial charge in [-0.05, 0) is 26.0 Å². The number of hydrogen-bond acceptors (Lipinski definition) is 4. The van der Waals surface area contributed by atoms with Crippen molar-refractivity contribution in [1.82, 2.24) is 4.90 Å². The largest absolute Gasteiger partial charge is 0.371 e. The minimum atomic E-state index is -4.02. The predicted octanol–water partition coefficient (Wildman–Crippen LogP) is 1.19. The molecule has 0 bridgehead atoms. The number of rotatable bonds is 1. The molecule has 1 unspecified atom stereocenters. The van der Waals surface area contributed by atoms with Crippen molar-refractivity contribution in [3.05, 3.63) is 29.8 Å². The van der Waals surface area contributed by atoms with E-state index in [4.69, 9.17) is 4.55 Å². The number of nitrogens with zero attached hydrogens (tertiary/aromatic N) is 1. The van der Waals surface area contributed by atoms with Gasteiger partial charge in [-0.25, -0.2) is 0 Å². The fourth-order valence-corrected chi connectivity index (χ4v) is 2.14. The Morgan fingerprint density at radius 3 is 2.00 bits per heavy atom. The zero-order valence-corrected chi connectivity index (χ0v) is 12.5. The average Bonchev–Trinajstić information content (AvgIpc) is 2.56. The normalized spacial score (nSPS) is 22.4. The Hall–Kier alpha value is -1.44. The van der Waals surface area contributed by atoms with Crippen LogP contribution in [-0.2, 0) is 14.9 Å². The van der Waals surface area contributed by atoms with Gasteiger partial charge in [-0.3, -0.25) is 9.35 Å². The molecule has 1 atom stereocenters. The van der Waals surface area contributed by atoms with Gasteiger partial charge in [0.15, 0.2) is 0 Å². The van der Waals surface area contributed by atoms with Crippen molar-refractivity contribution in [3.63, 3.8) is 0 Å². The van der Waals surface area contributed by atoms with E-state index in [1.54, 1.807) is 26.1 Å². The molecule has 6 nitrogen and oxygen atoms in total. The molecular weight excluding hydrogens is 282 g/mol. The van der Waals surface area contributed by atoms with E-state index >= 15 is 0 Å². The summed E-state index contributed by atoms with van der Waals surface area (Å²) in [4.78, 5) is 12.1. The lowest BCUT2D eigenvalue weighted by Gasteiger charge is -2.25. The highest BCUT2D eigenvalue weighted by molar-refractivity contribution is 7.85. The van der Waals surface area contributed by atoms with Crippen LogP contribution in [0.3, 0.4) is 0 Å². The molecule has 1 aliphatic rings. The minimum Gasteiger partial charge on any atom is -0.371 e. The molecule has 1 aromatic carbocycles. The molecule has 0 aromatic heterocycles. The van der Waals surface area contributed by atoms with Crippen LogP contribution in [0, 0.1) is 6.92 Å². The molecule has 1 fully saturated rings. The zero-order valence-electron chi connectivity index (χ0n) is 11.7. The standard InChI is InChI=1S/C7H8O3S.C6H11NO2/c1-6-2-4-7(5-3-6)11(8,9)10;1-6(9)4-3-5(8)7(6)2/h2-5H,1H3,(H,8,9,10);9H,3-4H2,1-2H3. The lowest BCUT2D eigenvalue weighted by molar-refractivity contribution is -0.138. The summed E-state index contributed by atoms with van der Waals surface area (Å²) in [5.74, 6) is 0.0278. The Balaban J connectivity index is 0.000000204. The van der Waals surface area contributed by atoms with Crippen LogP contribution in [0.1, 0.15) is 25.3 Å². The van der Waals surface area contributed by atoms with Crippen LogP contribution in [0.4, 0.5) is 0 Å². The van der Waals surface area contributed by atoms with E-state index in [1.165, 1.54) is 17.0 Å². The van der Waals surface area contributed by atoms with Crippen molar-refractivity contribution < 1.29 is 22.9 Å². The third-order valence-electron chi connectivity index (χ3n) is 3.23. The average molecular weight is 301 g/mol. The summed E-state index contributed by atoms with van der Waals surface area (Å²) in [6.45, 7) is 3.49. The van der Waals surface area contributed by atoms with E-state index in [2.05, 4.69) is 0 Å². The van der Waals surface area contributed by atoms with Gasteiger partial charge in [0.2, 0.25) is 5.91 Å². The van der Waals surface area contributed by atoms with Gasteiger partial charge in [-0.15, -0.1) is 0 Å². The van der Waals surface area contributed by atoms with Gasteiger partial charge in [0, 0.05) is 19.9 Å². The highest BCUT2D eigenvalue weighted by Crippen LogP contribution is 2.24. The number of aryl methyl sites for hydroxylation is 1. The molecule has 0 spiro atoms. The Morgan fingerprint density at radius 1 is 1.25 bits per heavy atom. The van der Waals surface area contributed by atoms with Crippen molar-refractivity contribution in [2.24, 2.45) is 0 Å². The third kappa shape index (κ3) is 4.29. The Morgan fingerprint density at radius 2 is 1.75 bits per heavy atom. The Kier molecular flexibility index (Phi) is 4.90. The third-order valence-corrected chi connectivity index (χ3v) is 4.10. The molecule has 2 rings (SSSR count). The summed E-state index contributed by atoms with van der Waals surface area (Å²) < 4.78 is 29.6. The number of carbonyl (C=O) groups excluding carboxylic acids is 1. The molecule has 7 heteroatoms. The summed E-state index contributed by atoms with van der Waals surface area (Å²) in [6.07, 6.45) is 1.03. The molecule has 0 aliphatic carbocycles. The number of benzene rings is 1. The SMILES string of the molecule is CN1C(=O)CCC1(C)O.Cc1ccc(S(=O)(=O)O)cc1. The zero-order chi connectivity index (χ0) is 15.6. The molecular formula is C13H19NO5S. The van der Waals surface area contributed by atoms with Gasteiger partial charge < -0.3 is 10.0 Å². The van der Waals surface area contributed by atoms with Crippen LogP contribution in [0.2, 0.25) is 0 Å². The Bertz CT molecular complexity index is 577. The molecule has 1 amide bonds.